The number of hydrogen-bond acceptors (Lipinski definition) is 5. The lowest BCUT2D eigenvalue weighted by Gasteiger charge is -2.37. The minimum Gasteiger partial charge on any atom is -0.469 e. The predicted molar refractivity (Wildman–Crippen MR) is 75.2 cm³/mol. The van der Waals surface area contributed by atoms with Crippen LogP contribution in [0.4, 0.5) is 0 Å². The molecule has 0 N–H and O–H groups in total. The van der Waals surface area contributed by atoms with Crippen molar-refractivity contribution in [1.82, 2.24) is 9.80 Å². The van der Waals surface area contributed by atoms with Crippen molar-refractivity contribution in [1.29, 1.82) is 0 Å². The van der Waals surface area contributed by atoms with Gasteiger partial charge in [-0.05, 0) is 33.9 Å². The van der Waals surface area contributed by atoms with Crippen molar-refractivity contribution in [2.75, 3.05) is 46.9 Å². The van der Waals surface area contributed by atoms with Gasteiger partial charge in [0.2, 0.25) is 0 Å². The zero-order valence-corrected chi connectivity index (χ0v) is 12.7. The third-order valence-corrected chi connectivity index (χ3v) is 3.56. The Hall–Kier alpha value is -0.650. The molecule has 0 aliphatic carbocycles. The van der Waals surface area contributed by atoms with Gasteiger partial charge in [0.1, 0.15) is 0 Å². The van der Waals surface area contributed by atoms with Gasteiger partial charge in [-0.1, -0.05) is 0 Å². The molecule has 1 aliphatic heterocycles. The largest absolute Gasteiger partial charge is 0.469 e. The fourth-order valence-electron chi connectivity index (χ4n) is 2.36. The lowest BCUT2D eigenvalue weighted by atomic mass is 10.2. The van der Waals surface area contributed by atoms with Crippen LogP contribution in [-0.4, -0.2) is 74.9 Å². The molecule has 1 fully saturated rings. The lowest BCUT2D eigenvalue weighted by molar-refractivity contribution is -0.140. The van der Waals surface area contributed by atoms with Gasteiger partial charge in [-0.2, -0.15) is 0 Å². The number of likely N-dealkylation sites (N-methyl/N-ethyl adjacent to an activating group) is 1. The highest BCUT2D eigenvalue weighted by molar-refractivity contribution is 5.69. The summed E-state index contributed by atoms with van der Waals surface area (Å²) >= 11 is 0. The molecule has 5 heteroatoms. The van der Waals surface area contributed by atoms with Crippen LogP contribution >= 0.6 is 0 Å². The summed E-state index contributed by atoms with van der Waals surface area (Å²) in [5.41, 5.74) is 0. The quantitative estimate of drug-likeness (QED) is 0.646. The molecule has 1 rings (SSSR count). The third-order valence-electron chi connectivity index (χ3n) is 3.56. The summed E-state index contributed by atoms with van der Waals surface area (Å²) in [6, 6.07) is 0.580. The van der Waals surface area contributed by atoms with Crippen molar-refractivity contribution in [3.8, 4) is 0 Å². The summed E-state index contributed by atoms with van der Waals surface area (Å²) in [4.78, 5) is 15.7. The van der Waals surface area contributed by atoms with Gasteiger partial charge in [-0.15, -0.1) is 0 Å². The minimum absolute atomic E-state index is 0.131. The molecule has 1 heterocycles. The second kappa shape index (κ2) is 8.51. The zero-order valence-electron chi connectivity index (χ0n) is 12.7. The molecular formula is C14H28N2O3. The molecule has 1 unspecified atom stereocenters. The van der Waals surface area contributed by atoms with Crippen molar-refractivity contribution >= 4 is 5.97 Å². The van der Waals surface area contributed by atoms with Crippen LogP contribution in [0, 0.1) is 0 Å². The van der Waals surface area contributed by atoms with E-state index >= 15 is 0 Å². The Kier molecular flexibility index (Phi) is 7.34. The van der Waals surface area contributed by atoms with E-state index in [0.717, 1.165) is 39.2 Å². The number of morpholine rings is 1. The van der Waals surface area contributed by atoms with E-state index in [1.165, 1.54) is 7.11 Å². The lowest BCUT2D eigenvalue weighted by Crippen LogP contribution is -2.49. The number of carbonyl (C=O) groups is 1. The highest BCUT2D eigenvalue weighted by Crippen LogP contribution is 2.10. The zero-order chi connectivity index (χ0) is 14.3. The fraction of sp³-hybridized carbons (Fsp3) is 0.929. The molecule has 0 aromatic rings. The van der Waals surface area contributed by atoms with Gasteiger partial charge in [0.25, 0.3) is 0 Å². The summed E-state index contributed by atoms with van der Waals surface area (Å²) < 4.78 is 10.4. The van der Waals surface area contributed by atoms with Crippen molar-refractivity contribution in [2.24, 2.45) is 0 Å². The van der Waals surface area contributed by atoms with Crippen LogP contribution in [0.3, 0.4) is 0 Å². The molecule has 0 amide bonds. The SMILES string of the molecule is COC(=O)CCCN(C)CC1CN(C(C)C)CCO1. The van der Waals surface area contributed by atoms with E-state index in [9.17, 15) is 4.79 Å². The average Bonchev–Trinajstić information content (AvgIpc) is 2.38. The molecule has 1 atom stereocenters. The van der Waals surface area contributed by atoms with Crippen LogP contribution in [0.2, 0.25) is 0 Å². The monoisotopic (exact) mass is 272 g/mol. The van der Waals surface area contributed by atoms with Crippen LogP contribution in [0.15, 0.2) is 0 Å². The molecule has 1 aliphatic rings. The van der Waals surface area contributed by atoms with Gasteiger partial charge in [0.05, 0.1) is 19.8 Å². The second-order valence-electron chi connectivity index (χ2n) is 5.52. The maximum atomic E-state index is 11.0. The predicted octanol–water partition coefficient (Wildman–Crippen LogP) is 0.981. The van der Waals surface area contributed by atoms with Crippen LogP contribution in [0.25, 0.3) is 0 Å². The van der Waals surface area contributed by atoms with Crippen molar-refractivity contribution in [2.45, 2.75) is 38.8 Å². The summed E-state index contributed by atoms with van der Waals surface area (Å²) in [6.07, 6.45) is 1.60. The normalized spacial score (nSPS) is 21.1. The number of esters is 1. The maximum absolute atomic E-state index is 11.0. The number of ether oxygens (including phenoxy) is 2. The first-order chi connectivity index (χ1) is 9.02. The van der Waals surface area contributed by atoms with E-state index in [0.29, 0.717) is 12.5 Å². The molecule has 0 saturated carbocycles. The number of hydrogen-bond donors (Lipinski definition) is 0. The Morgan fingerprint density at radius 1 is 1.53 bits per heavy atom. The van der Waals surface area contributed by atoms with Crippen molar-refractivity contribution in [3.63, 3.8) is 0 Å². The molecule has 0 aromatic heterocycles. The van der Waals surface area contributed by atoms with E-state index in [-0.39, 0.29) is 12.1 Å². The fourth-order valence-corrected chi connectivity index (χ4v) is 2.36. The Morgan fingerprint density at radius 2 is 2.26 bits per heavy atom. The first kappa shape index (κ1) is 16.4. The summed E-state index contributed by atoms with van der Waals surface area (Å²) in [6.45, 7) is 9.12. The highest BCUT2D eigenvalue weighted by atomic mass is 16.5. The molecule has 0 radical (unpaired) electrons. The molecule has 19 heavy (non-hydrogen) atoms. The topological polar surface area (TPSA) is 42.0 Å². The van der Waals surface area contributed by atoms with E-state index in [1.807, 2.05) is 0 Å². The smallest absolute Gasteiger partial charge is 0.305 e. The van der Waals surface area contributed by atoms with Gasteiger partial charge in [0.15, 0.2) is 0 Å². The number of methoxy groups -OCH3 is 1. The number of nitrogens with zero attached hydrogens (tertiary/aromatic N) is 2. The highest BCUT2D eigenvalue weighted by Gasteiger charge is 2.23. The molecular weight excluding hydrogens is 244 g/mol. The Morgan fingerprint density at radius 3 is 2.89 bits per heavy atom. The molecule has 0 aromatic carbocycles. The van der Waals surface area contributed by atoms with E-state index < -0.39 is 0 Å². The molecule has 0 bridgehead atoms. The second-order valence-corrected chi connectivity index (χ2v) is 5.52. The summed E-state index contributed by atoms with van der Waals surface area (Å²) in [7, 11) is 3.51. The van der Waals surface area contributed by atoms with E-state index in [4.69, 9.17) is 4.74 Å². The first-order valence-corrected chi connectivity index (χ1v) is 7.14. The Bertz CT molecular complexity index is 271. The van der Waals surface area contributed by atoms with Crippen LogP contribution in [-0.2, 0) is 14.3 Å². The molecule has 1 saturated heterocycles. The van der Waals surface area contributed by atoms with Crippen LogP contribution in [0.5, 0.6) is 0 Å². The van der Waals surface area contributed by atoms with Crippen molar-refractivity contribution in [3.05, 3.63) is 0 Å². The van der Waals surface area contributed by atoms with E-state index in [1.54, 1.807) is 0 Å². The van der Waals surface area contributed by atoms with Crippen LogP contribution in [0.1, 0.15) is 26.7 Å². The van der Waals surface area contributed by atoms with Gasteiger partial charge in [-0.3, -0.25) is 9.69 Å². The van der Waals surface area contributed by atoms with Gasteiger partial charge in [0, 0.05) is 32.1 Å². The van der Waals surface area contributed by atoms with Crippen LogP contribution < -0.4 is 0 Å². The third kappa shape index (κ3) is 6.36. The summed E-state index contributed by atoms with van der Waals surface area (Å²) in [5.74, 6) is -0.131. The van der Waals surface area contributed by atoms with Gasteiger partial charge in [-0.25, -0.2) is 0 Å². The van der Waals surface area contributed by atoms with Crippen molar-refractivity contribution < 1.29 is 14.3 Å². The first-order valence-electron chi connectivity index (χ1n) is 7.14. The summed E-state index contributed by atoms with van der Waals surface area (Å²) in [5, 5.41) is 0. The Balaban J connectivity index is 2.20. The Labute approximate surface area is 116 Å². The van der Waals surface area contributed by atoms with Gasteiger partial charge < -0.3 is 14.4 Å². The van der Waals surface area contributed by atoms with E-state index in [2.05, 4.69) is 35.4 Å². The molecule has 5 nitrogen and oxygen atoms in total. The number of carbonyl (C=O) groups excluding carboxylic acids is 1. The minimum atomic E-state index is -0.131. The molecule has 0 spiro atoms. The average molecular weight is 272 g/mol. The molecule has 112 valence electrons. The maximum Gasteiger partial charge on any atom is 0.305 e. The van der Waals surface area contributed by atoms with Gasteiger partial charge >= 0.3 is 5.97 Å². The standard InChI is InChI=1S/C14H28N2O3/c1-12(2)16-8-9-19-13(11-16)10-15(3)7-5-6-14(17)18-4/h12-13H,5-11H2,1-4H3. The number of rotatable bonds is 7.